The summed E-state index contributed by atoms with van der Waals surface area (Å²) in [5.74, 6) is 2.65. The van der Waals surface area contributed by atoms with Gasteiger partial charge in [0, 0.05) is 37.8 Å². The van der Waals surface area contributed by atoms with Crippen LogP contribution in [0.15, 0.2) is 36.7 Å². The summed E-state index contributed by atoms with van der Waals surface area (Å²) in [6, 6.07) is 10.0. The van der Waals surface area contributed by atoms with Gasteiger partial charge in [-0.3, -0.25) is 4.79 Å². The Labute approximate surface area is 207 Å². The lowest BCUT2D eigenvalue weighted by atomic mass is 10.1. The zero-order valence-corrected chi connectivity index (χ0v) is 21.1. The van der Waals surface area contributed by atoms with E-state index in [0.717, 1.165) is 53.8 Å². The molecule has 35 heavy (non-hydrogen) atoms. The Morgan fingerprint density at radius 3 is 2.51 bits per heavy atom. The van der Waals surface area contributed by atoms with Gasteiger partial charge in [-0.1, -0.05) is 12.1 Å². The number of aromatic nitrogens is 4. The molecule has 1 fully saturated rings. The summed E-state index contributed by atoms with van der Waals surface area (Å²) in [4.78, 5) is 23.8. The molecule has 0 aliphatic carbocycles. The van der Waals surface area contributed by atoms with Gasteiger partial charge in [0.05, 0.1) is 12.3 Å². The first-order chi connectivity index (χ1) is 17.0. The van der Waals surface area contributed by atoms with Crippen molar-refractivity contribution >= 4 is 11.7 Å². The number of piperidine rings is 1. The van der Waals surface area contributed by atoms with Crippen LogP contribution in [0.4, 0.5) is 5.82 Å². The van der Waals surface area contributed by atoms with Crippen molar-refractivity contribution < 1.29 is 9.53 Å². The number of carbonyl (C=O) groups is 1. The van der Waals surface area contributed by atoms with Gasteiger partial charge in [-0.15, -0.1) is 0 Å². The second-order valence-electron chi connectivity index (χ2n) is 9.02. The Balaban J connectivity index is 1.31. The van der Waals surface area contributed by atoms with E-state index in [9.17, 15) is 4.79 Å². The van der Waals surface area contributed by atoms with E-state index in [2.05, 4.69) is 20.2 Å². The van der Waals surface area contributed by atoms with Crippen molar-refractivity contribution in [3.63, 3.8) is 0 Å². The number of nitrogens with one attached hydrogen (secondary N) is 1. The highest BCUT2D eigenvalue weighted by atomic mass is 16.5. The number of amides is 1. The Morgan fingerprint density at radius 2 is 1.77 bits per heavy atom. The lowest BCUT2D eigenvalue weighted by Gasteiger charge is -2.27. The van der Waals surface area contributed by atoms with Crippen LogP contribution in [0.3, 0.4) is 0 Å². The molecule has 1 aromatic carbocycles. The second-order valence-corrected chi connectivity index (χ2v) is 9.02. The van der Waals surface area contributed by atoms with Crippen molar-refractivity contribution in [1.29, 1.82) is 0 Å². The van der Waals surface area contributed by atoms with E-state index in [1.54, 1.807) is 6.33 Å². The third kappa shape index (κ3) is 6.38. The van der Waals surface area contributed by atoms with Gasteiger partial charge in [0.15, 0.2) is 5.82 Å². The van der Waals surface area contributed by atoms with Crippen molar-refractivity contribution in [3.05, 3.63) is 59.2 Å². The number of rotatable bonds is 10. The van der Waals surface area contributed by atoms with Gasteiger partial charge in [0.2, 0.25) is 5.91 Å². The maximum Gasteiger partial charge on any atom is 0.220 e. The SMILES string of the molecule is CCOc1ccc(CCNC(=O)CCc2c(C)nn(-c3cc(N4CCCCC4)ncn3)c2C)cc1. The van der Waals surface area contributed by atoms with E-state index in [0.29, 0.717) is 26.0 Å². The van der Waals surface area contributed by atoms with E-state index in [1.807, 2.05) is 55.8 Å². The molecule has 186 valence electrons. The third-order valence-electron chi connectivity index (χ3n) is 6.55. The molecular weight excluding hydrogens is 440 g/mol. The lowest BCUT2D eigenvalue weighted by Crippen LogP contribution is -2.30. The number of benzene rings is 1. The highest BCUT2D eigenvalue weighted by Crippen LogP contribution is 2.22. The van der Waals surface area contributed by atoms with Crippen LogP contribution in [0.2, 0.25) is 0 Å². The van der Waals surface area contributed by atoms with Gasteiger partial charge in [-0.25, -0.2) is 14.6 Å². The molecule has 1 N–H and O–H groups in total. The molecule has 1 amide bonds. The fraction of sp³-hybridized carbons (Fsp3) is 0.481. The van der Waals surface area contributed by atoms with E-state index in [1.165, 1.54) is 24.8 Å². The molecule has 0 bridgehead atoms. The first kappa shape index (κ1) is 24.7. The standard InChI is InChI=1S/C27H36N6O2/c1-4-35-23-10-8-22(9-11-23)14-15-28-27(34)13-12-24-20(2)31-33(21(24)3)26-18-25(29-19-30-26)32-16-6-5-7-17-32/h8-11,18-19H,4-7,12-17H2,1-3H3,(H,28,34). The monoisotopic (exact) mass is 476 g/mol. The summed E-state index contributed by atoms with van der Waals surface area (Å²) >= 11 is 0. The van der Waals surface area contributed by atoms with Gasteiger partial charge in [-0.05, 0) is 76.1 Å². The summed E-state index contributed by atoms with van der Waals surface area (Å²) in [5, 5.41) is 7.77. The van der Waals surface area contributed by atoms with Gasteiger partial charge >= 0.3 is 0 Å². The van der Waals surface area contributed by atoms with Crippen LogP contribution in [-0.4, -0.2) is 51.9 Å². The minimum absolute atomic E-state index is 0.0527. The third-order valence-corrected chi connectivity index (χ3v) is 6.55. The number of ether oxygens (including phenoxy) is 1. The van der Waals surface area contributed by atoms with E-state index in [4.69, 9.17) is 9.84 Å². The van der Waals surface area contributed by atoms with Crippen LogP contribution in [-0.2, 0) is 17.6 Å². The molecule has 8 nitrogen and oxygen atoms in total. The summed E-state index contributed by atoms with van der Waals surface area (Å²) in [6.07, 6.45) is 7.17. The summed E-state index contributed by atoms with van der Waals surface area (Å²) in [7, 11) is 0. The molecule has 1 aliphatic heterocycles. The molecule has 2 aromatic heterocycles. The fourth-order valence-electron chi connectivity index (χ4n) is 4.60. The van der Waals surface area contributed by atoms with Crippen LogP contribution >= 0.6 is 0 Å². The van der Waals surface area contributed by atoms with Crippen molar-refractivity contribution in [2.75, 3.05) is 31.1 Å². The smallest absolute Gasteiger partial charge is 0.220 e. The minimum Gasteiger partial charge on any atom is -0.494 e. The van der Waals surface area contributed by atoms with Gasteiger partial charge < -0.3 is 15.0 Å². The van der Waals surface area contributed by atoms with Crippen LogP contribution in [0, 0.1) is 13.8 Å². The summed E-state index contributed by atoms with van der Waals surface area (Å²) in [6.45, 7) is 9.35. The first-order valence-electron chi connectivity index (χ1n) is 12.7. The Kier molecular flexibility index (Phi) is 8.34. The molecule has 3 aromatic rings. The predicted octanol–water partition coefficient (Wildman–Crippen LogP) is 3.96. The summed E-state index contributed by atoms with van der Waals surface area (Å²) < 4.78 is 7.35. The largest absolute Gasteiger partial charge is 0.494 e. The molecule has 1 aliphatic rings. The Bertz CT molecular complexity index is 1120. The first-order valence-corrected chi connectivity index (χ1v) is 12.7. The maximum absolute atomic E-state index is 12.5. The predicted molar refractivity (Wildman–Crippen MR) is 137 cm³/mol. The molecule has 0 saturated carbocycles. The number of aryl methyl sites for hydroxylation is 1. The molecule has 3 heterocycles. The molecular formula is C27H36N6O2. The number of nitrogens with zero attached hydrogens (tertiary/aromatic N) is 5. The quantitative estimate of drug-likeness (QED) is 0.477. The van der Waals surface area contributed by atoms with E-state index >= 15 is 0 Å². The van der Waals surface area contributed by atoms with E-state index < -0.39 is 0 Å². The van der Waals surface area contributed by atoms with Crippen LogP contribution in [0.25, 0.3) is 5.82 Å². The zero-order valence-electron chi connectivity index (χ0n) is 21.1. The lowest BCUT2D eigenvalue weighted by molar-refractivity contribution is -0.121. The molecule has 0 spiro atoms. The fourth-order valence-corrected chi connectivity index (χ4v) is 4.60. The van der Waals surface area contributed by atoms with Crippen molar-refractivity contribution in [3.8, 4) is 11.6 Å². The van der Waals surface area contributed by atoms with Crippen molar-refractivity contribution in [2.45, 2.75) is 59.3 Å². The topological polar surface area (TPSA) is 85.2 Å². The van der Waals surface area contributed by atoms with Gasteiger partial charge in [-0.2, -0.15) is 5.10 Å². The summed E-state index contributed by atoms with van der Waals surface area (Å²) in [5.41, 5.74) is 4.23. The number of hydrogen-bond acceptors (Lipinski definition) is 6. The van der Waals surface area contributed by atoms with Crippen molar-refractivity contribution in [2.24, 2.45) is 0 Å². The average Bonchev–Trinajstić information content (AvgIpc) is 3.17. The number of carbonyl (C=O) groups excluding carboxylic acids is 1. The molecule has 0 unspecified atom stereocenters. The zero-order chi connectivity index (χ0) is 24.6. The van der Waals surface area contributed by atoms with Crippen molar-refractivity contribution in [1.82, 2.24) is 25.1 Å². The molecule has 8 heteroatoms. The number of anilines is 1. The molecule has 0 atom stereocenters. The molecule has 1 saturated heterocycles. The second kappa shape index (κ2) is 11.8. The van der Waals surface area contributed by atoms with Gasteiger partial charge in [0.25, 0.3) is 0 Å². The van der Waals surface area contributed by atoms with Crippen LogP contribution in [0.1, 0.15) is 55.1 Å². The normalized spacial score (nSPS) is 13.6. The molecule has 4 rings (SSSR count). The highest BCUT2D eigenvalue weighted by Gasteiger charge is 2.17. The van der Waals surface area contributed by atoms with Crippen LogP contribution < -0.4 is 15.0 Å². The maximum atomic E-state index is 12.5. The highest BCUT2D eigenvalue weighted by molar-refractivity contribution is 5.76. The minimum atomic E-state index is 0.0527. The Hall–Kier alpha value is -3.42. The molecule has 0 radical (unpaired) electrons. The van der Waals surface area contributed by atoms with Gasteiger partial charge in [0.1, 0.15) is 17.9 Å². The number of hydrogen-bond donors (Lipinski definition) is 1. The van der Waals surface area contributed by atoms with Crippen LogP contribution in [0.5, 0.6) is 5.75 Å². The Morgan fingerprint density at radius 1 is 1.03 bits per heavy atom. The average molecular weight is 477 g/mol. The van der Waals surface area contributed by atoms with E-state index in [-0.39, 0.29) is 5.91 Å².